The van der Waals surface area contributed by atoms with Gasteiger partial charge in [0.1, 0.15) is 0 Å². The Bertz CT molecular complexity index is 444. The minimum absolute atomic E-state index is 0.137. The predicted molar refractivity (Wildman–Crippen MR) is 81.1 cm³/mol. The van der Waals surface area contributed by atoms with E-state index in [9.17, 15) is 9.00 Å². The van der Waals surface area contributed by atoms with Gasteiger partial charge in [-0.2, -0.15) is 0 Å². The van der Waals surface area contributed by atoms with Crippen LogP contribution in [-0.2, 0) is 10.8 Å². The molecule has 0 radical (unpaired) electrons. The Morgan fingerprint density at radius 2 is 1.85 bits per heavy atom. The van der Waals surface area contributed by atoms with Gasteiger partial charge in [-0.15, -0.1) is 0 Å². The molecule has 2 N–H and O–H groups in total. The van der Waals surface area contributed by atoms with E-state index in [1.165, 1.54) is 19.3 Å². The molecular weight excluding hydrogens is 272 g/mol. The Balaban J connectivity index is 1.65. The first-order valence-electron chi connectivity index (χ1n) is 7.23. The molecule has 0 spiro atoms. The van der Waals surface area contributed by atoms with Gasteiger partial charge >= 0.3 is 6.03 Å². The van der Waals surface area contributed by atoms with Crippen molar-refractivity contribution in [3.05, 3.63) is 30.3 Å². The summed E-state index contributed by atoms with van der Waals surface area (Å²) in [6.45, 7) is 0.431. The van der Waals surface area contributed by atoms with Crippen LogP contribution in [0.15, 0.2) is 35.2 Å². The predicted octanol–water partition coefficient (Wildman–Crippen LogP) is 2.43. The van der Waals surface area contributed by atoms with Crippen molar-refractivity contribution in [3.63, 3.8) is 0 Å². The van der Waals surface area contributed by atoms with Gasteiger partial charge in [0, 0.05) is 23.2 Å². The lowest BCUT2D eigenvalue weighted by atomic mass is 9.96. The fraction of sp³-hybridized carbons (Fsp3) is 0.533. The fourth-order valence-electron chi connectivity index (χ4n) is 2.43. The van der Waals surface area contributed by atoms with Crippen LogP contribution in [0.5, 0.6) is 0 Å². The second kappa shape index (κ2) is 8.04. The Morgan fingerprint density at radius 1 is 1.15 bits per heavy atom. The summed E-state index contributed by atoms with van der Waals surface area (Å²) in [7, 11) is -1.05. The first-order chi connectivity index (χ1) is 9.75. The molecule has 0 aliphatic heterocycles. The molecule has 1 atom stereocenters. The molecule has 0 heterocycles. The SMILES string of the molecule is O=C(NCC[S@](=O)c1ccccc1)NC1CCCCC1. The summed E-state index contributed by atoms with van der Waals surface area (Å²) in [6.07, 6.45) is 5.81. The van der Waals surface area contributed by atoms with Crippen LogP contribution in [0.4, 0.5) is 4.79 Å². The quantitative estimate of drug-likeness (QED) is 0.876. The molecule has 1 aromatic rings. The highest BCUT2D eigenvalue weighted by Crippen LogP contribution is 2.17. The van der Waals surface area contributed by atoms with Crippen LogP contribution in [0, 0.1) is 0 Å². The normalized spacial score (nSPS) is 17.4. The van der Waals surface area contributed by atoms with E-state index < -0.39 is 10.8 Å². The molecule has 2 amide bonds. The lowest BCUT2D eigenvalue weighted by Gasteiger charge is -2.22. The standard InChI is InChI=1S/C15H22N2O2S/c18-15(17-13-7-3-1-4-8-13)16-11-12-20(19)14-9-5-2-6-10-14/h2,5-6,9-10,13H,1,3-4,7-8,11-12H2,(H2,16,17,18)/t20-/m0/s1. The maximum atomic E-state index is 12.0. The zero-order valence-corrected chi connectivity index (χ0v) is 12.5. The molecule has 4 nitrogen and oxygen atoms in total. The van der Waals surface area contributed by atoms with Gasteiger partial charge in [0.2, 0.25) is 0 Å². The number of carbonyl (C=O) groups excluding carboxylic acids is 1. The molecule has 1 aromatic carbocycles. The van der Waals surface area contributed by atoms with Gasteiger partial charge in [-0.05, 0) is 25.0 Å². The van der Waals surface area contributed by atoms with Crippen LogP contribution in [-0.4, -0.2) is 28.6 Å². The van der Waals surface area contributed by atoms with E-state index in [4.69, 9.17) is 0 Å². The largest absolute Gasteiger partial charge is 0.337 e. The number of amides is 2. The van der Waals surface area contributed by atoms with Crippen molar-refractivity contribution >= 4 is 16.8 Å². The summed E-state index contributed by atoms with van der Waals surface area (Å²) in [4.78, 5) is 12.5. The highest BCUT2D eigenvalue weighted by atomic mass is 32.2. The molecule has 0 saturated heterocycles. The molecule has 1 aliphatic carbocycles. The summed E-state index contributed by atoms with van der Waals surface area (Å²) >= 11 is 0. The lowest BCUT2D eigenvalue weighted by Crippen LogP contribution is -2.43. The monoisotopic (exact) mass is 294 g/mol. The van der Waals surface area contributed by atoms with Crippen LogP contribution < -0.4 is 10.6 Å². The molecule has 1 aliphatic rings. The van der Waals surface area contributed by atoms with Crippen LogP contribution >= 0.6 is 0 Å². The third kappa shape index (κ3) is 4.96. The van der Waals surface area contributed by atoms with Crippen LogP contribution in [0.3, 0.4) is 0 Å². The van der Waals surface area contributed by atoms with Crippen molar-refractivity contribution in [2.24, 2.45) is 0 Å². The average Bonchev–Trinajstić information content (AvgIpc) is 2.49. The summed E-state index contributed by atoms with van der Waals surface area (Å²) in [5.41, 5.74) is 0. The lowest BCUT2D eigenvalue weighted by molar-refractivity contribution is 0.233. The molecule has 110 valence electrons. The maximum absolute atomic E-state index is 12.0. The van der Waals surface area contributed by atoms with E-state index in [1.807, 2.05) is 30.3 Å². The first-order valence-corrected chi connectivity index (χ1v) is 8.55. The summed E-state index contributed by atoms with van der Waals surface area (Å²) in [5, 5.41) is 5.77. The number of hydrogen-bond acceptors (Lipinski definition) is 2. The zero-order valence-electron chi connectivity index (χ0n) is 11.6. The molecule has 5 heteroatoms. The summed E-state index contributed by atoms with van der Waals surface area (Å²) in [6, 6.07) is 9.50. The van der Waals surface area contributed by atoms with Crippen molar-refractivity contribution in [1.82, 2.24) is 10.6 Å². The molecule has 0 aromatic heterocycles. The molecule has 1 fully saturated rings. The minimum atomic E-state index is -1.05. The highest BCUT2D eigenvalue weighted by Gasteiger charge is 2.15. The van der Waals surface area contributed by atoms with Gasteiger partial charge in [-0.25, -0.2) is 4.79 Å². The average molecular weight is 294 g/mol. The first kappa shape index (κ1) is 15.0. The Kier molecular flexibility index (Phi) is 6.05. The van der Waals surface area contributed by atoms with Gasteiger partial charge in [0.25, 0.3) is 0 Å². The third-order valence-electron chi connectivity index (χ3n) is 3.52. The highest BCUT2D eigenvalue weighted by molar-refractivity contribution is 7.85. The summed E-state index contributed by atoms with van der Waals surface area (Å²) in [5.74, 6) is 0.447. The molecule has 20 heavy (non-hydrogen) atoms. The topological polar surface area (TPSA) is 58.2 Å². The van der Waals surface area contributed by atoms with E-state index >= 15 is 0 Å². The molecule has 0 unspecified atom stereocenters. The number of nitrogens with one attached hydrogen (secondary N) is 2. The van der Waals surface area contributed by atoms with Crippen LogP contribution in [0.25, 0.3) is 0 Å². The van der Waals surface area contributed by atoms with Crippen molar-refractivity contribution in [3.8, 4) is 0 Å². The molecular formula is C15H22N2O2S. The van der Waals surface area contributed by atoms with Gasteiger partial charge in [-0.3, -0.25) is 4.21 Å². The summed E-state index contributed by atoms with van der Waals surface area (Å²) < 4.78 is 12.0. The van der Waals surface area contributed by atoms with Crippen molar-refractivity contribution in [2.75, 3.05) is 12.3 Å². The molecule has 2 rings (SSSR count). The van der Waals surface area contributed by atoms with Crippen LogP contribution in [0.1, 0.15) is 32.1 Å². The van der Waals surface area contributed by atoms with Crippen molar-refractivity contribution < 1.29 is 9.00 Å². The van der Waals surface area contributed by atoms with Crippen LogP contribution in [0.2, 0.25) is 0 Å². The van der Waals surface area contributed by atoms with E-state index in [1.54, 1.807) is 0 Å². The third-order valence-corrected chi connectivity index (χ3v) is 4.89. The zero-order chi connectivity index (χ0) is 14.2. The number of rotatable bonds is 5. The van der Waals surface area contributed by atoms with Gasteiger partial charge < -0.3 is 10.6 Å². The Hall–Kier alpha value is -1.36. The second-order valence-electron chi connectivity index (χ2n) is 5.10. The number of benzene rings is 1. The minimum Gasteiger partial charge on any atom is -0.337 e. The fourth-order valence-corrected chi connectivity index (χ4v) is 3.41. The number of carbonyl (C=O) groups is 1. The van der Waals surface area contributed by atoms with Gasteiger partial charge in [0.15, 0.2) is 0 Å². The van der Waals surface area contributed by atoms with E-state index in [2.05, 4.69) is 10.6 Å². The Morgan fingerprint density at radius 3 is 2.55 bits per heavy atom. The second-order valence-corrected chi connectivity index (χ2v) is 6.67. The Labute approximate surface area is 122 Å². The van der Waals surface area contributed by atoms with Crippen molar-refractivity contribution in [2.45, 2.75) is 43.0 Å². The molecule has 1 saturated carbocycles. The van der Waals surface area contributed by atoms with E-state index in [0.717, 1.165) is 17.7 Å². The maximum Gasteiger partial charge on any atom is 0.315 e. The van der Waals surface area contributed by atoms with Gasteiger partial charge in [0.05, 0.1) is 10.8 Å². The number of hydrogen-bond donors (Lipinski definition) is 2. The van der Waals surface area contributed by atoms with Crippen molar-refractivity contribution in [1.29, 1.82) is 0 Å². The van der Waals surface area contributed by atoms with Gasteiger partial charge in [-0.1, -0.05) is 37.5 Å². The number of urea groups is 1. The van der Waals surface area contributed by atoms with E-state index in [0.29, 0.717) is 18.3 Å². The molecule has 0 bridgehead atoms. The smallest absolute Gasteiger partial charge is 0.315 e. The van der Waals surface area contributed by atoms with E-state index in [-0.39, 0.29) is 6.03 Å².